The van der Waals surface area contributed by atoms with E-state index in [1.165, 1.54) is 121 Å². The van der Waals surface area contributed by atoms with Gasteiger partial charge in [-0.05, 0) is 145 Å². The van der Waals surface area contributed by atoms with Gasteiger partial charge in [0.2, 0.25) is 0 Å². The molecule has 0 heterocycles. The summed E-state index contributed by atoms with van der Waals surface area (Å²) in [6, 6.07) is 63.7. The van der Waals surface area contributed by atoms with Gasteiger partial charge >= 0.3 is 0 Å². The largest absolute Gasteiger partial charge is 0.0622 e. The lowest BCUT2D eigenvalue weighted by Crippen LogP contribution is -1.85. The number of benzene rings is 10. The van der Waals surface area contributed by atoms with Crippen LogP contribution in [0.2, 0.25) is 0 Å². The van der Waals surface area contributed by atoms with Gasteiger partial charge in [0, 0.05) is 0 Å². The SMILES string of the molecule is c1ccc(-c2ccc3c4c(cccc24)-c2cc4ccc5c6cc7c(cc6ccc5c4cc2-3)-c2cccc3c(-c4ccccc4)ccc-7c23)cc1. The molecule has 0 bridgehead atoms. The average Bonchev–Trinajstić information content (AvgIpc) is 3.67. The summed E-state index contributed by atoms with van der Waals surface area (Å²) in [6.07, 6.45) is 0. The second-order valence-corrected chi connectivity index (χ2v) is 14.0. The third kappa shape index (κ3) is 3.40. The Morgan fingerprint density at radius 3 is 1.06 bits per heavy atom. The van der Waals surface area contributed by atoms with Crippen LogP contribution in [-0.2, 0) is 0 Å². The van der Waals surface area contributed by atoms with Crippen LogP contribution in [0, 0.1) is 0 Å². The van der Waals surface area contributed by atoms with Crippen LogP contribution in [0.4, 0.5) is 0 Å². The molecule has 0 amide bonds. The molecule has 0 unspecified atom stereocenters. The van der Waals surface area contributed by atoms with E-state index in [2.05, 4.69) is 170 Å². The van der Waals surface area contributed by atoms with E-state index in [4.69, 9.17) is 0 Å². The molecule has 0 heteroatoms. The Kier molecular flexibility index (Phi) is 5.06. The van der Waals surface area contributed by atoms with Gasteiger partial charge in [0.05, 0.1) is 0 Å². The minimum atomic E-state index is 1.26. The molecule has 0 aliphatic heterocycles. The van der Waals surface area contributed by atoms with Crippen molar-refractivity contribution in [2.45, 2.75) is 0 Å². The summed E-state index contributed by atoms with van der Waals surface area (Å²) >= 11 is 0. The molecule has 0 nitrogen and oxygen atoms in total. The van der Waals surface area contributed by atoms with Crippen LogP contribution in [0.1, 0.15) is 0 Å². The van der Waals surface area contributed by atoms with Crippen molar-refractivity contribution in [2.75, 3.05) is 0 Å². The van der Waals surface area contributed by atoms with Crippen LogP contribution < -0.4 is 0 Å². The molecule has 0 atom stereocenters. The summed E-state index contributed by atoms with van der Waals surface area (Å²) in [7, 11) is 0. The highest BCUT2D eigenvalue weighted by Crippen LogP contribution is 2.53. The summed E-state index contributed by atoms with van der Waals surface area (Å²) in [6.45, 7) is 0. The molecular weight excluding hydrogens is 601 g/mol. The van der Waals surface area contributed by atoms with E-state index in [-0.39, 0.29) is 0 Å². The number of hydrogen-bond acceptors (Lipinski definition) is 0. The van der Waals surface area contributed by atoms with Crippen LogP contribution in [0.3, 0.4) is 0 Å². The summed E-state index contributed by atoms with van der Waals surface area (Å²) in [5, 5.41) is 13.2. The maximum Gasteiger partial charge on any atom is -0.00201 e. The molecule has 10 aromatic rings. The monoisotopic (exact) mass is 628 g/mol. The minimum Gasteiger partial charge on any atom is -0.0622 e. The van der Waals surface area contributed by atoms with Gasteiger partial charge in [0.25, 0.3) is 0 Å². The van der Waals surface area contributed by atoms with Crippen molar-refractivity contribution in [1.29, 1.82) is 0 Å². The smallest absolute Gasteiger partial charge is 0.00201 e. The van der Waals surface area contributed by atoms with E-state index in [9.17, 15) is 0 Å². The van der Waals surface area contributed by atoms with Crippen molar-refractivity contribution in [1.82, 2.24) is 0 Å². The highest BCUT2D eigenvalue weighted by atomic mass is 14.3. The Morgan fingerprint density at radius 2 is 0.600 bits per heavy atom. The maximum absolute atomic E-state index is 2.46. The third-order valence-corrected chi connectivity index (χ3v) is 11.5. The van der Waals surface area contributed by atoms with E-state index in [0.29, 0.717) is 0 Å². The second-order valence-electron chi connectivity index (χ2n) is 14.0. The lowest BCUT2D eigenvalue weighted by Gasteiger charge is -2.12. The van der Waals surface area contributed by atoms with Gasteiger partial charge in [-0.2, -0.15) is 0 Å². The molecule has 2 aliphatic rings. The number of hydrogen-bond donors (Lipinski definition) is 0. The van der Waals surface area contributed by atoms with Crippen molar-refractivity contribution in [3.63, 3.8) is 0 Å². The molecule has 0 saturated heterocycles. The topological polar surface area (TPSA) is 0 Å². The molecule has 0 saturated carbocycles. The molecule has 50 heavy (non-hydrogen) atoms. The fourth-order valence-corrected chi connectivity index (χ4v) is 9.31. The van der Waals surface area contributed by atoms with Crippen molar-refractivity contribution < 1.29 is 0 Å². The first kappa shape index (κ1) is 26.5. The molecule has 12 rings (SSSR count). The molecule has 0 aromatic heterocycles. The molecule has 228 valence electrons. The van der Waals surface area contributed by atoms with Crippen LogP contribution in [0.15, 0.2) is 170 Å². The van der Waals surface area contributed by atoms with Gasteiger partial charge in [-0.25, -0.2) is 0 Å². The zero-order valence-corrected chi connectivity index (χ0v) is 27.2. The Labute approximate surface area is 289 Å². The Balaban J connectivity index is 1.07. The average molecular weight is 629 g/mol. The summed E-state index contributed by atoms with van der Waals surface area (Å²) < 4.78 is 0. The first-order valence-corrected chi connectivity index (χ1v) is 17.5. The fourth-order valence-electron chi connectivity index (χ4n) is 9.31. The van der Waals surface area contributed by atoms with Crippen molar-refractivity contribution in [3.05, 3.63) is 170 Å². The third-order valence-electron chi connectivity index (χ3n) is 11.5. The van der Waals surface area contributed by atoms with E-state index < -0.39 is 0 Å². The predicted molar refractivity (Wildman–Crippen MR) is 214 cm³/mol. The van der Waals surface area contributed by atoms with Gasteiger partial charge < -0.3 is 0 Å². The first-order valence-electron chi connectivity index (χ1n) is 17.5. The molecule has 0 spiro atoms. The van der Waals surface area contributed by atoms with Gasteiger partial charge in [-0.15, -0.1) is 0 Å². The van der Waals surface area contributed by atoms with Crippen molar-refractivity contribution >= 4 is 53.9 Å². The van der Waals surface area contributed by atoms with E-state index >= 15 is 0 Å². The zero-order chi connectivity index (χ0) is 32.5. The molecule has 0 N–H and O–H groups in total. The molecule has 0 radical (unpaired) electrons. The molecule has 10 aromatic carbocycles. The Hall–Kier alpha value is -6.50. The first-order chi connectivity index (χ1) is 24.8. The molecule has 2 aliphatic carbocycles. The van der Waals surface area contributed by atoms with E-state index in [0.717, 1.165) is 0 Å². The Morgan fingerprint density at radius 1 is 0.200 bits per heavy atom. The number of rotatable bonds is 2. The van der Waals surface area contributed by atoms with E-state index in [1.807, 2.05) is 0 Å². The molecular formula is C50H28. The lowest BCUT2D eigenvalue weighted by molar-refractivity contribution is 1.66. The fraction of sp³-hybridized carbons (Fsp3) is 0. The summed E-state index contributed by atoms with van der Waals surface area (Å²) in [5.41, 5.74) is 15.8. The predicted octanol–water partition coefficient (Wildman–Crippen LogP) is 14.1. The maximum atomic E-state index is 2.46. The lowest BCUT2D eigenvalue weighted by atomic mass is 9.91. The minimum absolute atomic E-state index is 1.26. The van der Waals surface area contributed by atoms with Crippen LogP contribution in [0.5, 0.6) is 0 Å². The van der Waals surface area contributed by atoms with Crippen LogP contribution in [-0.4, -0.2) is 0 Å². The van der Waals surface area contributed by atoms with Crippen molar-refractivity contribution in [2.24, 2.45) is 0 Å². The standard InChI is InChI=1S/C50H28/c1-3-9-29(10-4-1)33-21-23-41-47-27-43-31(25-45(47)39-15-7-13-37(33)49(39)41)17-19-36-35(43)20-18-32-26-46-40-16-8-14-38-34(30-11-5-2-6-12-30)22-24-42(50(38)40)48(46)28-44(32)36/h1-28H. The van der Waals surface area contributed by atoms with Gasteiger partial charge in [-0.3, -0.25) is 0 Å². The van der Waals surface area contributed by atoms with Crippen LogP contribution in [0.25, 0.3) is 121 Å². The summed E-state index contributed by atoms with van der Waals surface area (Å²) in [4.78, 5) is 0. The Bertz CT molecular complexity index is 2900. The van der Waals surface area contributed by atoms with Gasteiger partial charge in [0.1, 0.15) is 0 Å². The second kappa shape index (κ2) is 9.56. The normalized spacial score (nSPS) is 12.4. The zero-order valence-electron chi connectivity index (χ0n) is 27.2. The quantitative estimate of drug-likeness (QED) is 0.167. The van der Waals surface area contributed by atoms with Crippen molar-refractivity contribution in [3.8, 4) is 66.8 Å². The molecule has 0 fully saturated rings. The van der Waals surface area contributed by atoms with E-state index in [1.54, 1.807) is 0 Å². The number of fused-ring (bicyclic) bond motifs is 11. The van der Waals surface area contributed by atoms with Gasteiger partial charge in [-0.1, -0.05) is 146 Å². The highest BCUT2D eigenvalue weighted by Gasteiger charge is 2.26. The highest BCUT2D eigenvalue weighted by molar-refractivity contribution is 6.26. The van der Waals surface area contributed by atoms with Gasteiger partial charge in [0.15, 0.2) is 0 Å². The van der Waals surface area contributed by atoms with Crippen LogP contribution >= 0.6 is 0 Å². The summed E-state index contributed by atoms with van der Waals surface area (Å²) in [5.74, 6) is 0.